The van der Waals surface area contributed by atoms with Gasteiger partial charge in [-0.15, -0.1) is 11.3 Å². The summed E-state index contributed by atoms with van der Waals surface area (Å²) in [5.74, 6) is 0.0538. The van der Waals surface area contributed by atoms with Crippen molar-refractivity contribution in [2.24, 2.45) is 5.92 Å². The Morgan fingerprint density at radius 3 is 2.83 bits per heavy atom. The van der Waals surface area contributed by atoms with Gasteiger partial charge in [0.05, 0.1) is 24.8 Å². The molecule has 1 atom stereocenters. The lowest BCUT2D eigenvalue weighted by molar-refractivity contribution is -0.140. The molecule has 3 N–H and O–H groups in total. The minimum absolute atomic E-state index is 0.429. The van der Waals surface area contributed by atoms with Crippen LogP contribution in [0.25, 0.3) is 10.4 Å². The van der Waals surface area contributed by atoms with Crippen molar-refractivity contribution in [1.82, 2.24) is 0 Å². The van der Waals surface area contributed by atoms with Crippen molar-refractivity contribution in [1.29, 1.82) is 0 Å². The Morgan fingerprint density at radius 1 is 1.34 bits per heavy atom. The molecule has 2 rings (SSSR count). The van der Waals surface area contributed by atoms with E-state index >= 15 is 0 Å². The molecule has 6 heteroatoms. The van der Waals surface area contributed by atoms with Crippen molar-refractivity contribution in [3.8, 4) is 16.2 Å². The number of hydrogen-bond acceptors (Lipinski definition) is 5. The second-order valence-corrected chi connectivity index (χ2v) is 7.41. The fourth-order valence-electron chi connectivity index (χ4n) is 2.46. The van der Waals surface area contributed by atoms with Crippen LogP contribution < -0.4 is 10.5 Å². The van der Waals surface area contributed by atoms with Crippen LogP contribution in [0.1, 0.15) is 19.8 Å². The molecule has 0 spiro atoms. The lowest BCUT2D eigenvalue weighted by atomic mass is 10.1. The summed E-state index contributed by atoms with van der Waals surface area (Å²) >= 11 is 1.67. The third-order valence-electron chi connectivity index (χ3n) is 4.11. The number of ether oxygens (including phenoxy) is 2. The summed E-state index contributed by atoms with van der Waals surface area (Å²) in [4.78, 5) is 12.0. The van der Waals surface area contributed by atoms with E-state index in [1.54, 1.807) is 42.6 Å². The highest BCUT2D eigenvalue weighted by Gasteiger charge is 2.08. The van der Waals surface area contributed by atoms with Crippen LogP contribution in [0.3, 0.4) is 0 Å². The van der Waals surface area contributed by atoms with Crippen molar-refractivity contribution in [2.45, 2.75) is 19.8 Å². The largest absolute Gasteiger partial charge is 0.493 e. The minimum atomic E-state index is -0.815. The summed E-state index contributed by atoms with van der Waals surface area (Å²) in [7, 11) is 0. The third kappa shape index (κ3) is 7.50. The lowest BCUT2D eigenvalue weighted by Gasteiger charge is -2.11. The summed E-state index contributed by atoms with van der Waals surface area (Å²) < 4.78 is 11.5. The highest BCUT2D eigenvalue weighted by Crippen LogP contribution is 2.31. The molecular weight excluding hydrogens is 386 g/mol. The van der Waals surface area contributed by atoms with E-state index < -0.39 is 11.9 Å². The number of aliphatic carboxylic acids is 1. The predicted octanol–water partition coefficient (Wildman–Crippen LogP) is 5.52. The monoisotopic (exact) mass is 413 g/mol. The Labute approximate surface area is 175 Å². The van der Waals surface area contributed by atoms with Crippen LogP contribution in [-0.2, 0) is 9.53 Å². The van der Waals surface area contributed by atoms with Crippen molar-refractivity contribution in [3.05, 3.63) is 72.4 Å². The zero-order valence-electron chi connectivity index (χ0n) is 16.5. The number of benzene rings is 1. The summed E-state index contributed by atoms with van der Waals surface area (Å²) in [6.45, 7) is 6.28. The van der Waals surface area contributed by atoms with Gasteiger partial charge in [-0.05, 0) is 53.8 Å². The molecule has 0 bridgehead atoms. The van der Waals surface area contributed by atoms with E-state index in [0.29, 0.717) is 43.3 Å². The summed E-state index contributed by atoms with van der Waals surface area (Å²) in [5.41, 5.74) is 7.80. The van der Waals surface area contributed by atoms with Crippen LogP contribution >= 0.6 is 11.3 Å². The lowest BCUT2D eigenvalue weighted by Crippen LogP contribution is -2.07. The SMILES string of the molecule is C=C/C=C(\C=C/CC(C)C(=O)O)OCCCOc1ccc(-c2cccs2)cc1N. The molecule has 1 aromatic heterocycles. The van der Waals surface area contributed by atoms with Gasteiger partial charge < -0.3 is 20.3 Å². The maximum Gasteiger partial charge on any atom is 0.306 e. The van der Waals surface area contributed by atoms with Crippen LogP contribution in [0, 0.1) is 5.92 Å². The second kappa shape index (κ2) is 11.8. The van der Waals surface area contributed by atoms with Crippen molar-refractivity contribution in [2.75, 3.05) is 18.9 Å². The molecule has 0 radical (unpaired) electrons. The van der Waals surface area contributed by atoms with Crippen LogP contribution in [-0.4, -0.2) is 24.3 Å². The molecule has 1 heterocycles. The van der Waals surface area contributed by atoms with Gasteiger partial charge in [0.15, 0.2) is 0 Å². The molecule has 29 heavy (non-hydrogen) atoms. The maximum absolute atomic E-state index is 10.8. The van der Waals surface area contributed by atoms with E-state index in [2.05, 4.69) is 12.6 Å². The molecule has 0 aliphatic heterocycles. The van der Waals surface area contributed by atoms with Gasteiger partial charge in [-0.2, -0.15) is 0 Å². The molecule has 0 aliphatic rings. The smallest absolute Gasteiger partial charge is 0.306 e. The van der Waals surface area contributed by atoms with Gasteiger partial charge in [0.25, 0.3) is 0 Å². The summed E-state index contributed by atoms with van der Waals surface area (Å²) in [6.07, 6.45) is 8.05. The van der Waals surface area contributed by atoms with Crippen LogP contribution in [0.15, 0.2) is 72.4 Å². The second-order valence-electron chi connectivity index (χ2n) is 6.46. The fraction of sp³-hybridized carbons (Fsp3) is 0.261. The number of rotatable bonds is 12. The van der Waals surface area contributed by atoms with Gasteiger partial charge in [-0.3, -0.25) is 4.79 Å². The molecule has 0 saturated heterocycles. The quantitative estimate of drug-likeness (QED) is 0.207. The minimum Gasteiger partial charge on any atom is -0.493 e. The Bertz CT molecular complexity index is 856. The molecule has 0 fully saturated rings. The van der Waals surface area contributed by atoms with E-state index in [0.717, 1.165) is 5.56 Å². The average Bonchev–Trinajstić information content (AvgIpc) is 3.23. The maximum atomic E-state index is 10.8. The van der Waals surface area contributed by atoms with Crippen LogP contribution in [0.5, 0.6) is 5.75 Å². The van der Waals surface area contributed by atoms with Crippen molar-refractivity contribution >= 4 is 23.0 Å². The first-order chi connectivity index (χ1) is 14.0. The molecule has 2 aromatic rings. The zero-order chi connectivity index (χ0) is 21.1. The standard InChI is InChI=1S/C23H27NO4S/c1-3-7-19(9-4-8-17(2)23(25)26)27-13-6-14-28-21-12-11-18(16-20(21)24)22-10-5-15-29-22/h3-5,7,9-12,15-17H,1,6,8,13-14,24H2,2H3,(H,25,26)/b9-4-,19-7+. The molecule has 0 aliphatic carbocycles. The molecule has 1 unspecified atom stereocenters. The van der Waals surface area contributed by atoms with Gasteiger partial charge in [-0.25, -0.2) is 0 Å². The van der Waals surface area contributed by atoms with E-state index in [-0.39, 0.29) is 0 Å². The molecule has 0 saturated carbocycles. The van der Waals surface area contributed by atoms with Crippen molar-refractivity contribution < 1.29 is 19.4 Å². The Morgan fingerprint density at radius 2 is 2.17 bits per heavy atom. The molecule has 0 amide bonds. The first kappa shape index (κ1) is 22.3. The van der Waals surface area contributed by atoms with Gasteiger partial charge in [0.2, 0.25) is 0 Å². The Hall–Kier alpha value is -2.99. The normalized spacial score (nSPS) is 12.7. The number of nitrogen functional groups attached to an aromatic ring is 1. The third-order valence-corrected chi connectivity index (χ3v) is 5.02. The molecule has 5 nitrogen and oxygen atoms in total. The number of anilines is 1. The van der Waals surface area contributed by atoms with Gasteiger partial charge in [0, 0.05) is 11.3 Å². The highest BCUT2D eigenvalue weighted by molar-refractivity contribution is 7.13. The molecule has 1 aromatic carbocycles. The fourth-order valence-corrected chi connectivity index (χ4v) is 3.19. The first-order valence-electron chi connectivity index (χ1n) is 9.42. The van der Waals surface area contributed by atoms with E-state index in [1.165, 1.54) is 4.88 Å². The zero-order valence-corrected chi connectivity index (χ0v) is 17.4. The number of hydrogen-bond donors (Lipinski definition) is 2. The van der Waals surface area contributed by atoms with E-state index in [4.69, 9.17) is 20.3 Å². The number of carboxylic acids is 1. The first-order valence-corrected chi connectivity index (χ1v) is 10.3. The number of allylic oxidation sites excluding steroid dienone is 4. The topological polar surface area (TPSA) is 81.8 Å². The highest BCUT2D eigenvalue weighted by atomic mass is 32.1. The number of carbonyl (C=O) groups is 1. The Balaban J connectivity index is 1.76. The van der Waals surface area contributed by atoms with Gasteiger partial charge in [-0.1, -0.05) is 31.7 Å². The molecule has 154 valence electrons. The summed E-state index contributed by atoms with van der Waals surface area (Å²) in [5, 5.41) is 10.9. The van der Waals surface area contributed by atoms with Gasteiger partial charge >= 0.3 is 5.97 Å². The van der Waals surface area contributed by atoms with Crippen LogP contribution in [0.4, 0.5) is 5.69 Å². The average molecular weight is 414 g/mol. The van der Waals surface area contributed by atoms with Crippen LogP contribution in [0.2, 0.25) is 0 Å². The van der Waals surface area contributed by atoms with Gasteiger partial charge in [0.1, 0.15) is 11.5 Å². The van der Waals surface area contributed by atoms with E-state index in [1.807, 2.05) is 29.6 Å². The van der Waals surface area contributed by atoms with Crippen molar-refractivity contribution in [3.63, 3.8) is 0 Å². The predicted molar refractivity (Wildman–Crippen MR) is 119 cm³/mol. The Kier molecular flexibility index (Phi) is 9.05. The van der Waals surface area contributed by atoms with E-state index in [9.17, 15) is 4.79 Å². The number of carboxylic acid groups (broad SMARTS) is 1. The number of nitrogens with two attached hydrogens (primary N) is 1. The molecular formula is C23H27NO4S. The number of thiophene rings is 1. The summed E-state index contributed by atoms with van der Waals surface area (Å²) in [6, 6.07) is 9.88.